The van der Waals surface area contributed by atoms with Crippen molar-refractivity contribution >= 4 is 57.9 Å². The molecule has 1 saturated heterocycles. The van der Waals surface area contributed by atoms with Gasteiger partial charge in [-0.05, 0) is 56.2 Å². The Morgan fingerprint density at radius 1 is 1.19 bits per heavy atom. The summed E-state index contributed by atoms with van der Waals surface area (Å²) < 4.78 is 0. The first-order chi connectivity index (χ1) is 17.1. The van der Waals surface area contributed by atoms with Crippen LogP contribution in [0.15, 0.2) is 36.4 Å². The van der Waals surface area contributed by atoms with Crippen LogP contribution in [0.4, 0.5) is 0 Å². The van der Waals surface area contributed by atoms with Gasteiger partial charge in [0.2, 0.25) is 11.8 Å². The maximum absolute atomic E-state index is 13.1. The van der Waals surface area contributed by atoms with Gasteiger partial charge in [-0.1, -0.05) is 23.2 Å². The van der Waals surface area contributed by atoms with E-state index in [2.05, 4.69) is 20.6 Å². The van der Waals surface area contributed by atoms with E-state index in [4.69, 9.17) is 28.9 Å². The van der Waals surface area contributed by atoms with E-state index in [1.807, 2.05) is 6.07 Å². The molecule has 0 aliphatic carbocycles. The standard InChI is InChI=1S/C24H24Cl2N6O4/c1-12(21-30-17-7-5-14(25)10-18(17)31-21)29-22(34)13-4-6-15(16(26)9-13)24(36)32-8-2-3-19(32)23(35)28-11-20(27)33/h4-7,9-10,12,19H,2-3,8,11H2,1H3,(H2,27,33)(H,28,35)(H,29,34)(H,30,31)/t12?,19-/m0/s1. The smallest absolute Gasteiger partial charge is 0.256 e. The second-order valence-corrected chi connectivity index (χ2v) is 9.36. The van der Waals surface area contributed by atoms with Gasteiger partial charge in [-0.2, -0.15) is 0 Å². The Kier molecular flexibility index (Phi) is 7.46. The third-order valence-electron chi connectivity index (χ3n) is 5.94. The van der Waals surface area contributed by atoms with Gasteiger partial charge >= 0.3 is 0 Å². The molecule has 36 heavy (non-hydrogen) atoms. The highest BCUT2D eigenvalue weighted by Gasteiger charge is 2.35. The van der Waals surface area contributed by atoms with Crippen LogP contribution in [-0.4, -0.2) is 57.6 Å². The van der Waals surface area contributed by atoms with Crippen LogP contribution in [0.5, 0.6) is 0 Å². The van der Waals surface area contributed by atoms with Gasteiger partial charge in [0, 0.05) is 17.1 Å². The van der Waals surface area contributed by atoms with E-state index in [9.17, 15) is 19.2 Å². The molecule has 0 radical (unpaired) electrons. The van der Waals surface area contributed by atoms with Crippen LogP contribution in [0.1, 0.15) is 52.3 Å². The zero-order valence-corrected chi connectivity index (χ0v) is 20.8. The molecular weight excluding hydrogens is 507 g/mol. The quantitative estimate of drug-likeness (QED) is 0.370. The average molecular weight is 531 g/mol. The highest BCUT2D eigenvalue weighted by atomic mass is 35.5. The molecule has 0 saturated carbocycles. The first-order valence-corrected chi connectivity index (χ1v) is 12.0. The number of halogens is 2. The number of fused-ring (bicyclic) bond motifs is 1. The molecule has 4 rings (SSSR count). The van der Waals surface area contributed by atoms with Gasteiger partial charge in [-0.3, -0.25) is 19.2 Å². The number of rotatable bonds is 7. The van der Waals surface area contributed by atoms with Crippen LogP contribution in [0.2, 0.25) is 10.0 Å². The Morgan fingerprint density at radius 3 is 2.69 bits per heavy atom. The van der Waals surface area contributed by atoms with E-state index in [0.29, 0.717) is 35.8 Å². The minimum absolute atomic E-state index is 0.0851. The van der Waals surface area contributed by atoms with Gasteiger partial charge in [0.1, 0.15) is 11.9 Å². The van der Waals surface area contributed by atoms with Crippen molar-refractivity contribution < 1.29 is 19.2 Å². The summed E-state index contributed by atoms with van der Waals surface area (Å²) in [5, 5.41) is 5.94. The Morgan fingerprint density at radius 2 is 1.97 bits per heavy atom. The topological polar surface area (TPSA) is 150 Å². The molecule has 4 amide bonds. The summed E-state index contributed by atoms with van der Waals surface area (Å²) in [5.74, 6) is -1.39. The number of benzene rings is 2. The lowest BCUT2D eigenvalue weighted by Gasteiger charge is -2.24. The van der Waals surface area contributed by atoms with Crippen LogP contribution in [0.25, 0.3) is 11.0 Å². The first kappa shape index (κ1) is 25.5. The molecule has 2 heterocycles. The van der Waals surface area contributed by atoms with Crippen molar-refractivity contribution in [2.24, 2.45) is 5.73 Å². The van der Waals surface area contributed by atoms with Crippen molar-refractivity contribution in [2.45, 2.75) is 31.8 Å². The van der Waals surface area contributed by atoms with Gasteiger partial charge in [0.15, 0.2) is 0 Å². The number of primary amides is 1. The number of hydrogen-bond donors (Lipinski definition) is 4. The molecule has 188 valence electrons. The predicted molar refractivity (Wildman–Crippen MR) is 135 cm³/mol. The third kappa shape index (κ3) is 5.44. The van der Waals surface area contributed by atoms with Gasteiger partial charge in [-0.25, -0.2) is 4.98 Å². The van der Waals surface area contributed by atoms with Crippen LogP contribution in [0, 0.1) is 0 Å². The molecule has 1 fully saturated rings. The van der Waals surface area contributed by atoms with E-state index in [1.54, 1.807) is 19.1 Å². The Balaban J connectivity index is 1.44. The number of carbonyl (C=O) groups is 4. The minimum atomic E-state index is -0.726. The van der Waals surface area contributed by atoms with E-state index in [-0.39, 0.29) is 22.7 Å². The molecule has 3 aromatic rings. The number of imidazole rings is 1. The van der Waals surface area contributed by atoms with Gasteiger partial charge in [-0.15, -0.1) is 0 Å². The Bertz CT molecular complexity index is 1360. The van der Waals surface area contributed by atoms with Gasteiger partial charge < -0.3 is 26.3 Å². The van der Waals surface area contributed by atoms with Crippen LogP contribution in [-0.2, 0) is 9.59 Å². The number of carbonyl (C=O) groups excluding carboxylic acids is 4. The van der Waals surface area contributed by atoms with Crippen LogP contribution < -0.4 is 16.4 Å². The maximum atomic E-state index is 13.1. The Hall–Kier alpha value is -3.63. The normalized spacial score (nSPS) is 16.1. The number of nitrogens with one attached hydrogen (secondary N) is 3. The fourth-order valence-corrected chi connectivity index (χ4v) is 4.54. The average Bonchev–Trinajstić information content (AvgIpc) is 3.49. The summed E-state index contributed by atoms with van der Waals surface area (Å²) in [5.41, 5.74) is 6.99. The number of hydrogen-bond acceptors (Lipinski definition) is 5. The first-order valence-electron chi connectivity index (χ1n) is 11.3. The highest BCUT2D eigenvalue weighted by Crippen LogP contribution is 2.26. The molecule has 2 aromatic carbocycles. The summed E-state index contributed by atoms with van der Waals surface area (Å²) in [6.45, 7) is 1.85. The lowest BCUT2D eigenvalue weighted by molar-refractivity contribution is -0.127. The van der Waals surface area contributed by atoms with Crippen LogP contribution in [0.3, 0.4) is 0 Å². The number of likely N-dealkylation sites (tertiary alicyclic amines) is 1. The predicted octanol–water partition coefficient (Wildman–Crippen LogP) is 2.57. The maximum Gasteiger partial charge on any atom is 0.256 e. The molecule has 0 spiro atoms. The van der Waals surface area contributed by atoms with E-state index in [1.165, 1.54) is 23.1 Å². The van der Waals surface area contributed by atoms with Gasteiger partial charge in [0.05, 0.1) is 34.2 Å². The van der Waals surface area contributed by atoms with Gasteiger partial charge in [0.25, 0.3) is 11.8 Å². The SMILES string of the molecule is CC(NC(=O)c1ccc(C(=O)N2CCC[C@H]2C(=O)NCC(N)=O)c(Cl)c1)c1nc2cc(Cl)ccc2[nH]1. The van der Waals surface area contributed by atoms with E-state index in [0.717, 1.165) is 5.52 Å². The summed E-state index contributed by atoms with van der Waals surface area (Å²) in [7, 11) is 0. The van der Waals surface area contributed by atoms with Crippen molar-refractivity contribution in [1.29, 1.82) is 0 Å². The summed E-state index contributed by atoms with van der Waals surface area (Å²) in [6, 6.07) is 8.49. The summed E-state index contributed by atoms with van der Waals surface area (Å²) in [6.07, 6.45) is 1.09. The number of nitrogens with two attached hydrogens (primary N) is 1. The third-order valence-corrected chi connectivity index (χ3v) is 6.48. The molecule has 2 atom stereocenters. The number of amides is 4. The summed E-state index contributed by atoms with van der Waals surface area (Å²) >= 11 is 12.4. The highest BCUT2D eigenvalue weighted by molar-refractivity contribution is 6.34. The lowest BCUT2D eigenvalue weighted by Crippen LogP contribution is -2.47. The Labute approximate surface area is 216 Å². The fourth-order valence-electron chi connectivity index (χ4n) is 4.11. The molecular formula is C24H24Cl2N6O4. The molecule has 5 N–H and O–H groups in total. The van der Waals surface area contributed by atoms with Crippen molar-refractivity contribution in [3.05, 3.63) is 63.4 Å². The second-order valence-electron chi connectivity index (χ2n) is 8.51. The van der Waals surface area contributed by atoms with Crippen molar-refractivity contribution in [2.75, 3.05) is 13.1 Å². The fraction of sp³-hybridized carbons (Fsp3) is 0.292. The van der Waals surface area contributed by atoms with E-state index < -0.39 is 35.7 Å². The molecule has 1 aliphatic heterocycles. The van der Waals surface area contributed by atoms with Crippen LogP contribution >= 0.6 is 23.2 Å². The lowest BCUT2D eigenvalue weighted by atomic mass is 10.1. The zero-order chi connectivity index (χ0) is 26.0. The van der Waals surface area contributed by atoms with Crippen molar-refractivity contribution in [3.63, 3.8) is 0 Å². The minimum Gasteiger partial charge on any atom is -0.368 e. The molecule has 10 nitrogen and oxygen atoms in total. The number of aromatic amines is 1. The zero-order valence-electron chi connectivity index (χ0n) is 19.3. The molecule has 1 unspecified atom stereocenters. The number of H-pyrrole nitrogens is 1. The number of aromatic nitrogens is 2. The van der Waals surface area contributed by atoms with Crippen molar-refractivity contribution in [3.8, 4) is 0 Å². The van der Waals surface area contributed by atoms with E-state index >= 15 is 0 Å². The molecule has 12 heteroatoms. The molecule has 1 aliphatic rings. The summed E-state index contributed by atoms with van der Waals surface area (Å²) in [4.78, 5) is 58.4. The second kappa shape index (κ2) is 10.5. The van der Waals surface area contributed by atoms with Crippen molar-refractivity contribution in [1.82, 2.24) is 25.5 Å². The molecule has 0 bridgehead atoms. The number of nitrogens with zero attached hydrogens (tertiary/aromatic N) is 2. The molecule has 1 aromatic heterocycles. The monoisotopic (exact) mass is 530 g/mol. The largest absolute Gasteiger partial charge is 0.368 e.